The summed E-state index contributed by atoms with van der Waals surface area (Å²) < 4.78 is 5.09. The van der Waals surface area contributed by atoms with Gasteiger partial charge in [-0.1, -0.05) is 17.7 Å². The molecule has 0 aliphatic heterocycles. The second-order valence-corrected chi connectivity index (χ2v) is 4.71. The maximum absolute atomic E-state index is 9.14. The van der Waals surface area contributed by atoms with Gasteiger partial charge in [0.1, 0.15) is 11.8 Å². The molecule has 0 amide bonds. The van der Waals surface area contributed by atoms with Gasteiger partial charge in [-0.25, -0.2) is 0 Å². The van der Waals surface area contributed by atoms with Crippen LogP contribution in [0.1, 0.15) is 24.4 Å². The van der Waals surface area contributed by atoms with Gasteiger partial charge in [0.05, 0.1) is 18.2 Å². The summed E-state index contributed by atoms with van der Waals surface area (Å²) in [5, 5.41) is 12.9. The highest BCUT2D eigenvalue weighted by molar-refractivity contribution is 6.32. The minimum atomic E-state index is -0.293. The molecule has 3 nitrogen and oxygen atoms in total. The van der Waals surface area contributed by atoms with E-state index >= 15 is 0 Å². The van der Waals surface area contributed by atoms with Crippen LogP contribution in [0.2, 0.25) is 5.02 Å². The summed E-state index contributed by atoms with van der Waals surface area (Å²) in [5.41, 5.74) is 0.888. The van der Waals surface area contributed by atoms with Crippen LogP contribution in [0.25, 0.3) is 0 Å². The zero-order chi connectivity index (χ0) is 12.3. The lowest BCUT2D eigenvalue weighted by Crippen LogP contribution is -2.22. The van der Waals surface area contributed by atoms with Crippen LogP contribution in [0.4, 0.5) is 0 Å². The predicted molar refractivity (Wildman–Crippen MR) is 67.1 cm³/mol. The van der Waals surface area contributed by atoms with E-state index in [1.165, 1.54) is 12.8 Å². The molecule has 1 aromatic rings. The minimum absolute atomic E-state index is 0.293. The molecule has 1 aliphatic rings. The van der Waals surface area contributed by atoms with Crippen LogP contribution in [0.5, 0.6) is 5.75 Å². The van der Waals surface area contributed by atoms with Crippen LogP contribution in [0, 0.1) is 17.2 Å². The molecule has 1 unspecified atom stereocenters. The Hall–Kier alpha value is -1.24. The first kappa shape index (κ1) is 12.2. The van der Waals surface area contributed by atoms with E-state index in [0.717, 1.165) is 18.0 Å². The number of hydrogen-bond donors (Lipinski definition) is 1. The molecule has 2 rings (SSSR count). The van der Waals surface area contributed by atoms with Crippen LogP contribution in [0.3, 0.4) is 0 Å². The normalized spacial score (nSPS) is 16.3. The summed E-state index contributed by atoms with van der Waals surface area (Å²) in [6.45, 7) is 0.905. The quantitative estimate of drug-likeness (QED) is 0.874. The van der Waals surface area contributed by atoms with Gasteiger partial charge in [0.2, 0.25) is 0 Å². The smallest absolute Gasteiger partial charge is 0.137 e. The molecule has 1 atom stereocenters. The number of benzene rings is 1. The molecule has 0 radical (unpaired) electrons. The largest absolute Gasteiger partial charge is 0.495 e. The summed E-state index contributed by atoms with van der Waals surface area (Å²) in [5.74, 6) is 1.38. The van der Waals surface area contributed by atoms with E-state index in [9.17, 15) is 0 Å². The molecular formula is C13H15ClN2O. The van der Waals surface area contributed by atoms with Crippen LogP contribution in [0.15, 0.2) is 18.2 Å². The number of nitrogens with one attached hydrogen (secondary N) is 1. The van der Waals surface area contributed by atoms with Crippen molar-refractivity contribution >= 4 is 11.6 Å². The molecule has 4 heteroatoms. The molecule has 1 aromatic carbocycles. The monoisotopic (exact) mass is 250 g/mol. The Labute approximate surface area is 106 Å². The average molecular weight is 251 g/mol. The Balaban J connectivity index is 2.07. The number of nitriles is 1. The fourth-order valence-electron chi connectivity index (χ4n) is 1.71. The lowest BCUT2D eigenvalue weighted by molar-refractivity contribution is 0.414. The Morgan fingerprint density at radius 3 is 2.88 bits per heavy atom. The van der Waals surface area contributed by atoms with E-state index in [2.05, 4.69) is 11.4 Å². The molecular weight excluding hydrogens is 236 g/mol. The van der Waals surface area contributed by atoms with Crippen molar-refractivity contribution in [3.05, 3.63) is 28.8 Å². The molecule has 90 valence electrons. The zero-order valence-corrected chi connectivity index (χ0v) is 10.5. The first-order chi connectivity index (χ1) is 8.24. The standard InChI is InChI=1S/C13H15ClN2O/c1-17-13-5-4-10(6-11(13)14)12(7-15)16-8-9-2-3-9/h4-6,9,12,16H,2-3,8H2,1H3. The Bertz CT molecular complexity index is 438. The molecule has 0 saturated heterocycles. The maximum Gasteiger partial charge on any atom is 0.137 e. The second kappa shape index (κ2) is 5.39. The third-order valence-corrected chi connectivity index (χ3v) is 3.24. The van der Waals surface area contributed by atoms with E-state index < -0.39 is 0 Å². The maximum atomic E-state index is 9.14. The van der Waals surface area contributed by atoms with E-state index in [-0.39, 0.29) is 6.04 Å². The van der Waals surface area contributed by atoms with Crippen molar-refractivity contribution in [1.82, 2.24) is 5.32 Å². The second-order valence-electron chi connectivity index (χ2n) is 4.31. The number of nitrogens with zero attached hydrogens (tertiary/aromatic N) is 1. The molecule has 1 fully saturated rings. The molecule has 1 N–H and O–H groups in total. The van der Waals surface area contributed by atoms with Gasteiger partial charge < -0.3 is 4.74 Å². The lowest BCUT2D eigenvalue weighted by Gasteiger charge is -2.13. The van der Waals surface area contributed by atoms with Crippen LogP contribution in [-0.4, -0.2) is 13.7 Å². The van der Waals surface area contributed by atoms with Gasteiger partial charge in [-0.05, 0) is 43.0 Å². The number of ether oxygens (including phenoxy) is 1. The van der Waals surface area contributed by atoms with Gasteiger partial charge in [-0.15, -0.1) is 0 Å². The Kier molecular flexibility index (Phi) is 3.88. The molecule has 17 heavy (non-hydrogen) atoms. The molecule has 0 spiro atoms. The van der Waals surface area contributed by atoms with Gasteiger partial charge in [-0.3, -0.25) is 5.32 Å². The van der Waals surface area contributed by atoms with Crippen molar-refractivity contribution in [2.75, 3.05) is 13.7 Å². The Morgan fingerprint density at radius 1 is 1.59 bits per heavy atom. The van der Waals surface area contributed by atoms with Crippen molar-refractivity contribution in [3.8, 4) is 11.8 Å². The Morgan fingerprint density at radius 2 is 2.35 bits per heavy atom. The van der Waals surface area contributed by atoms with Crippen molar-refractivity contribution in [2.45, 2.75) is 18.9 Å². The van der Waals surface area contributed by atoms with Gasteiger partial charge in [0.25, 0.3) is 0 Å². The SMILES string of the molecule is COc1ccc(C(C#N)NCC2CC2)cc1Cl. The van der Waals surface area contributed by atoms with Crippen molar-refractivity contribution < 1.29 is 4.74 Å². The van der Waals surface area contributed by atoms with Crippen LogP contribution in [-0.2, 0) is 0 Å². The number of hydrogen-bond acceptors (Lipinski definition) is 3. The summed E-state index contributed by atoms with van der Waals surface area (Å²) in [6, 6.07) is 7.41. The van der Waals surface area contributed by atoms with E-state index in [0.29, 0.717) is 10.8 Å². The molecule has 1 aliphatic carbocycles. The summed E-state index contributed by atoms with van der Waals surface area (Å²) >= 11 is 6.04. The minimum Gasteiger partial charge on any atom is -0.495 e. The lowest BCUT2D eigenvalue weighted by atomic mass is 10.1. The zero-order valence-electron chi connectivity index (χ0n) is 9.74. The first-order valence-electron chi connectivity index (χ1n) is 5.71. The average Bonchev–Trinajstić information content (AvgIpc) is 3.14. The predicted octanol–water partition coefficient (Wildman–Crippen LogP) is 2.91. The first-order valence-corrected chi connectivity index (χ1v) is 6.09. The highest BCUT2D eigenvalue weighted by Gasteiger charge is 2.22. The molecule has 0 bridgehead atoms. The van der Waals surface area contributed by atoms with Crippen LogP contribution < -0.4 is 10.1 Å². The molecule has 0 heterocycles. The molecule has 0 aromatic heterocycles. The van der Waals surface area contributed by atoms with Crippen molar-refractivity contribution in [1.29, 1.82) is 5.26 Å². The topological polar surface area (TPSA) is 45.0 Å². The van der Waals surface area contributed by atoms with Crippen molar-refractivity contribution in [2.24, 2.45) is 5.92 Å². The summed E-state index contributed by atoms with van der Waals surface area (Å²) in [6.07, 6.45) is 2.54. The summed E-state index contributed by atoms with van der Waals surface area (Å²) in [7, 11) is 1.58. The highest BCUT2D eigenvalue weighted by atomic mass is 35.5. The van der Waals surface area contributed by atoms with Gasteiger partial charge >= 0.3 is 0 Å². The fourth-order valence-corrected chi connectivity index (χ4v) is 1.97. The van der Waals surface area contributed by atoms with Crippen LogP contribution >= 0.6 is 11.6 Å². The number of rotatable bonds is 5. The van der Waals surface area contributed by atoms with Gasteiger partial charge in [-0.2, -0.15) is 5.26 Å². The highest BCUT2D eigenvalue weighted by Crippen LogP contribution is 2.30. The number of methoxy groups -OCH3 is 1. The van der Waals surface area contributed by atoms with E-state index in [1.54, 1.807) is 19.2 Å². The van der Waals surface area contributed by atoms with Crippen molar-refractivity contribution in [3.63, 3.8) is 0 Å². The van der Waals surface area contributed by atoms with E-state index in [4.69, 9.17) is 21.6 Å². The number of halogens is 1. The van der Waals surface area contributed by atoms with E-state index in [1.807, 2.05) is 6.07 Å². The third kappa shape index (κ3) is 3.12. The van der Waals surface area contributed by atoms with Gasteiger partial charge in [0.15, 0.2) is 0 Å². The fraction of sp³-hybridized carbons (Fsp3) is 0.462. The van der Waals surface area contributed by atoms with Gasteiger partial charge in [0, 0.05) is 0 Å². The molecule has 1 saturated carbocycles. The third-order valence-electron chi connectivity index (χ3n) is 2.95. The summed E-state index contributed by atoms with van der Waals surface area (Å²) in [4.78, 5) is 0.